The minimum Gasteiger partial charge on any atom is -0.359 e. The smallest absolute Gasteiger partial charge is 0.125 e. The monoisotopic (exact) mass is 132 g/mol. The highest BCUT2D eigenvalue weighted by Crippen LogP contribution is 2.10. The molecule has 51 valence electrons. The molecule has 1 heteroatoms. The largest absolute Gasteiger partial charge is 0.359 e. The molecular weight excluding hydrogens is 122 g/mol. The van der Waals surface area contributed by atoms with Crippen LogP contribution < -0.4 is 4.90 Å². The van der Waals surface area contributed by atoms with E-state index in [1.54, 1.807) is 0 Å². The fraction of sp³-hybridized carbons (Fsp3) is 0.222. The van der Waals surface area contributed by atoms with Crippen molar-refractivity contribution in [3.05, 3.63) is 37.4 Å². The van der Waals surface area contributed by atoms with Crippen LogP contribution in [0, 0.1) is 7.05 Å². The van der Waals surface area contributed by atoms with Crippen LogP contribution in [-0.4, -0.2) is 6.54 Å². The Morgan fingerprint density at radius 2 is 1.90 bits per heavy atom. The van der Waals surface area contributed by atoms with Gasteiger partial charge in [0.25, 0.3) is 0 Å². The van der Waals surface area contributed by atoms with E-state index in [0.29, 0.717) is 0 Å². The van der Waals surface area contributed by atoms with E-state index in [0.717, 1.165) is 12.2 Å². The summed E-state index contributed by atoms with van der Waals surface area (Å²) in [6.07, 6.45) is 0. The summed E-state index contributed by atoms with van der Waals surface area (Å²) in [6, 6.07) is 9.68. The molecule has 0 fully saturated rings. The van der Waals surface area contributed by atoms with Crippen LogP contribution in [0.15, 0.2) is 30.3 Å². The first kappa shape index (κ1) is 7.13. The van der Waals surface area contributed by atoms with E-state index in [4.69, 9.17) is 7.05 Å². The van der Waals surface area contributed by atoms with Crippen LogP contribution in [0.1, 0.15) is 6.92 Å². The van der Waals surface area contributed by atoms with E-state index in [1.165, 1.54) is 4.90 Å². The summed E-state index contributed by atoms with van der Waals surface area (Å²) >= 11 is 0. The van der Waals surface area contributed by atoms with Gasteiger partial charge >= 0.3 is 0 Å². The fourth-order valence-corrected chi connectivity index (χ4v) is 0.791. The number of nitrogens with zero attached hydrogens (tertiary/aromatic N) is 1. The van der Waals surface area contributed by atoms with Crippen LogP contribution >= 0.6 is 0 Å². The normalized spacial score (nSPS) is 9.40. The molecule has 0 bridgehead atoms. The van der Waals surface area contributed by atoms with Gasteiger partial charge in [0.05, 0.1) is 0 Å². The molecule has 1 aromatic rings. The first-order valence-electron chi connectivity index (χ1n) is 3.38. The molecule has 3 radical (unpaired) electrons. The molecule has 0 atom stereocenters. The second-order valence-corrected chi connectivity index (χ2v) is 2.08. The standard InChI is InChI=1S/C9H10N/c1-3-10(2)9-7-5-4-6-8-9/h4-8H,3H2,1H3. The van der Waals surface area contributed by atoms with Crippen LogP contribution in [0.5, 0.6) is 0 Å². The van der Waals surface area contributed by atoms with Crippen molar-refractivity contribution in [1.82, 2.24) is 0 Å². The lowest BCUT2D eigenvalue weighted by Crippen LogP contribution is -2.12. The summed E-state index contributed by atoms with van der Waals surface area (Å²) in [6.45, 7) is 2.68. The molecule has 0 aromatic heterocycles. The summed E-state index contributed by atoms with van der Waals surface area (Å²) in [4.78, 5) is 1.46. The van der Waals surface area contributed by atoms with Gasteiger partial charge in [-0.05, 0) is 19.1 Å². The lowest BCUT2D eigenvalue weighted by Gasteiger charge is -2.13. The number of para-hydroxylation sites is 1. The molecule has 1 rings (SSSR count). The van der Waals surface area contributed by atoms with Gasteiger partial charge in [-0.15, -0.1) is 0 Å². The lowest BCUT2D eigenvalue weighted by molar-refractivity contribution is 1.01. The zero-order valence-corrected chi connectivity index (χ0v) is 6.04. The second kappa shape index (κ2) is 3.25. The minimum absolute atomic E-state index is 0.726. The van der Waals surface area contributed by atoms with E-state index in [1.807, 2.05) is 37.3 Å². The Kier molecular flexibility index (Phi) is 2.32. The Labute approximate surface area is 62.3 Å². The van der Waals surface area contributed by atoms with Crippen LogP contribution in [0.25, 0.3) is 0 Å². The first-order chi connectivity index (χ1) is 4.84. The Morgan fingerprint density at radius 3 is 2.40 bits per heavy atom. The van der Waals surface area contributed by atoms with Gasteiger partial charge in [-0.1, -0.05) is 18.2 Å². The molecule has 0 aliphatic rings. The van der Waals surface area contributed by atoms with E-state index < -0.39 is 0 Å². The quantitative estimate of drug-likeness (QED) is 0.595. The second-order valence-electron chi connectivity index (χ2n) is 2.08. The van der Waals surface area contributed by atoms with Crippen LogP contribution in [-0.2, 0) is 0 Å². The number of hydrogen-bond acceptors (Lipinski definition) is 1. The van der Waals surface area contributed by atoms with Gasteiger partial charge < -0.3 is 4.90 Å². The minimum atomic E-state index is 0.726. The number of rotatable bonds is 2. The molecule has 1 nitrogen and oxygen atoms in total. The van der Waals surface area contributed by atoms with Gasteiger partial charge in [0.15, 0.2) is 0 Å². The van der Waals surface area contributed by atoms with Crippen molar-refractivity contribution in [1.29, 1.82) is 0 Å². The number of hydrogen-bond donors (Lipinski definition) is 0. The molecule has 0 amide bonds. The average molecular weight is 132 g/mol. The van der Waals surface area contributed by atoms with Crippen molar-refractivity contribution < 1.29 is 0 Å². The Balaban J connectivity index is 2.75. The average Bonchev–Trinajstić information content (AvgIpc) is 2.05. The van der Waals surface area contributed by atoms with Crippen LogP contribution in [0.4, 0.5) is 5.69 Å². The molecule has 0 heterocycles. The third-order valence-electron chi connectivity index (χ3n) is 1.38. The van der Waals surface area contributed by atoms with Gasteiger partial charge in [0.1, 0.15) is 7.05 Å². The molecule has 0 saturated heterocycles. The molecule has 0 aliphatic carbocycles. The zero-order chi connectivity index (χ0) is 7.40. The van der Waals surface area contributed by atoms with Gasteiger partial charge in [0.2, 0.25) is 0 Å². The molecule has 0 unspecified atom stereocenters. The Morgan fingerprint density at radius 1 is 1.30 bits per heavy atom. The van der Waals surface area contributed by atoms with Gasteiger partial charge in [-0.3, -0.25) is 0 Å². The summed E-state index contributed by atoms with van der Waals surface area (Å²) in [5.74, 6) is 0. The molecule has 0 saturated carbocycles. The van der Waals surface area contributed by atoms with Crippen molar-refractivity contribution in [3.63, 3.8) is 0 Å². The number of anilines is 1. The molecule has 10 heavy (non-hydrogen) atoms. The highest BCUT2D eigenvalue weighted by Gasteiger charge is 1.93. The highest BCUT2D eigenvalue weighted by atomic mass is 15.1. The van der Waals surface area contributed by atoms with Gasteiger partial charge in [-0.25, -0.2) is 0 Å². The van der Waals surface area contributed by atoms with Crippen molar-refractivity contribution in [2.75, 3.05) is 11.4 Å². The summed E-state index contributed by atoms with van der Waals surface area (Å²) in [5, 5.41) is 0. The van der Waals surface area contributed by atoms with E-state index in [-0.39, 0.29) is 0 Å². The SMILES string of the molecule is [C]N(CC)c1ccccc1. The maximum Gasteiger partial charge on any atom is 0.125 e. The molecule has 1 aromatic carbocycles. The topological polar surface area (TPSA) is 3.24 Å². The van der Waals surface area contributed by atoms with Crippen molar-refractivity contribution in [2.24, 2.45) is 0 Å². The van der Waals surface area contributed by atoms with Crippen molar-refractivity contribution in [3.8, 4) is 0 Å². The summed E-state index contributed by atoms with van der Waals surface area (Å²) in [7, 11) is 7.40. The molecule has 0 N–H and O–H groups in total. The maximum absolute atomic E-state index is 7.40. The predicted molar refractivity (Wildman–Crippen MR) is 42.7 cm³/mol. The molecular formula is C9H10N. The molecule has 0 aliphatic heterocycles. The zero-order valence-electron chi connectivity index (χ0n) is 6.04. The van der Waals surface area contributed by atoms with Crippen molar-refractivity contribution >= 4 is 5.69 Å². The number of benzene rings is 1. The highest BCUT2D eigenvalue weighted by molar-refractivity contribution is 5.45. The van der Waals surface area contributed by atoms with Gasteiger partial charge in [0, 0.05) is 12.2 Å². The van der Waals surface area contributed by atoms with Crippen LogP contribution in [0.2, 0.25) is 0 Å². The maximum atomic E-state index is 7.40. The lowest BCUT2D eigenvalue weighted by atomic mass is 10.3. The fourth-order valence-electron chi connectivity index (χ4n) is 0.791. The van der Waals surface area contributed by atoms with E-state index in [2.05, 4.69) is 0 Å². The molecule has 0 spiro atoms. The van der Waals surface area contributed by atoms with E-state index in [9.17, 15) is 0 Å². The van der Waals surface area contributed by atoms with Gasteiger partial charge in [-0.2, -0.15) is 0 Å². The van der Waals surface area contributed by atoms with Crippen LogP contribution in [0.3, 0.4) is 0 Å². The Hall–Kier alpha value is -0.980. The Bertz CT molecular complexity index is 181. The summed E-state index contributed by atoms with van der Waals surface area (Å²) in [5.41, 5.74) is 0.949. The first-order valence-corrected chi connectivity index (χ1v) is 3.38. The summed E-state index contributed by atoms with van der Waals surface area (Å²) < 4.78 is 0. The third-order valence-corrected chi connectivity index (χ3v) is 1.38. The van der Waals surface area contributed by atoms with Crippen molar-refractivity contribution in [2.45, 2.75) is 6.92 Å². The third kappa shape index (κ3) is 1.50. The van der Waals surface area contributed by atoms with E-state index >= 15 is 0 Å². The predicted octanol–water partition coefficient (Wildman–Crippen LogP) is 2.06.